The molecule has 1 rings (SSSR count). The molecule has 5 heteroatoms. The standard InChI is InChI=1S/C10H15BrClNOS/c1-7(14)3-2-4-13-6-8-5-9(11)10(12)15-8/h5,7,13-14H,2-4,6H2,1H3. The van der Waals surface area contributed by atoms with Crippen LogP contribution in [0.3, 0.4) is 0 Å². The van der Waals surface area contributed by atoms with Crippen LogP contribution in [0, 0.1) is 0 Å². The molecule has 0 saturated heterocycles. The van der Waals surface area contributed by atoms with Crippen LogP contribution in [-0.2, 0) is 6.54 Å². The molecule has 1 aromatic heterocycles. The number of aliphatic hydroxyl groups is 1. The van der Waals surface area contributed by atoms with Gasteiger partial charge in [-0.15, -0.1) is 11.3 Å². The van der Waals surface area contributed by atoms with Crippen LogP contribution in [0.2, 0.25) is 4.34 Å². The number of nitrogens with one attached hydrogen (secondary N) is 1. The normalized spacial score (nSPS) is 13.1. The largest absolute Gasteiger partial charge is 0.393 e. The maximum Gasteiger partial charge on any atom is 0.107 e. The summed E-state index contributed by atoms with van der Waals surface area (Å²) in [6.07, 6.45) is 1.65. The summed E-state index contributed by atoms with van der Waals surface area (Å²) in [6, 6.07) is 2.04. The van der Waals surface area contributed by atoms with Gasteiger partial charge in [-0.2, -0.15) is 0 Å². The van der Waals surface area contributed by atoms with Crippen LogP contribution in [0.25, 0.3) is 0 Å². The fourth-order valence-corrected chi connectivity index (χ4v) is 2.97. The molecule has 15 heavy (non-hydrogen) atoms. The smallest absolute Gasteiger partial charge is 0.107 e. The second-order valence-electron chi connectivity index (χ2n) is 3.50. The van der Waals surface area contributed by atoms with Crippen LogP contribution < -0.4 is 5.32 Å². The first-order chi connectivity index (χ1) is 7.09. The Kier molecular flexibility index (Phi) is 6.16. The van der Waals surface area contributed by atoms with Crippen LogP contribution in [-0.4, -0.2) is 17.8 Å². The number of halogens is 2. The van der Waals surface area contributed by atoms with Crippen molar-refractivity contribution >= 4 is 38.9 Å². The molecular weight excluding hydrogens is 298 g/mol. The van der Waals surface area contributed by atoms with Crippen molar-refractivity contribution in [2.45, 2.75) is 32.4 Å². The first-order valence-electron chi connectivity index (χ1n) is 4.92. The van der Waals surface area contributed by atoms with E-state index in [9.17, 15) is 0 Å². The quantitative estimate of drug-likeness (QED) is 0.789. The molecule has 1 heterocycles. The molecule has 0 aromatic carbocycles. The molecule has 0 aliphatic rings. The molecule has 0 aliphatic carbocycles. The summed E-state index contributed by atoms with van der Waals surface area (Å²) in [5, 5.41) is 12.4. The van der Waals surface area contributed by atoms with Crippen molar-refractivity contribution in [1.82, 2.24) is 5.32 Å². The Hall–Kier alpha value is 0.390. The number of thiophene rings is 1. The van der Waals surface area contributed by atoms with Gasteiger partial charge in [-0.05, 0) is 48.3 Å². The third-order valence-corrected chi connectivity index (χ3v) is 4.45. The summed E-state index contributed by atoms with van der Waals surface area (Å²) in [6.45, 7) is 3.59. The summed E-state index contributed by atoms with van der Waals surface area (Å²) in [5.41, 5.74) is 0. The number of hydrogen-bond donors (Lipinski definition) is 2. The third kappa shape index (κ3) is 5.31. The molecule has 0 fully saturated rings. The van der Waals surface area contributed by atoms with Gasteiger partial charge in [0.15, 0.2) is 0 Å². The Bertz CT molecular complexity index is 284. The Morgan fingerprint density at radius 2 is 2.40 bits per heavy atom. The first kappa shape index (κ1) is 13.5. The van der Waals surface area contributed by atoms with E-state index in [1.807, 2.05) is 13.0 Å². The van der Waals surface area contributed by atoms with E-state index in [0.717, 1.165) is 34.7 Å². The predicted octanol–water partition coefficient (Wildman–Crippen LogP) is 3.41. The van der Waals surface area contributed by atoms with Gasteiger partial charge in [-0.1, -0.05) is 11.6 Å². The van der Waals surface area contributed by atoms with Gasteiger partial charge < -0.3 is 10.4 Å². The van der Waals surface area contributed by atoms with Gasteiger partial charge in [0.1, 0.15) is 4.34 Å². The molecule has 1 unspecified atom stereocenters. The Morgan fingerprint density at radius 1 is 1.67 bits per heavy atom. The van der Waals surface area contributed by atoms with E-state index in [2.05, 4.69) is 21.2 Å². The van der Waals surface area contributed by atoms with Gasteiger partial charge in [-0.3, -0.25) is 0 Å². The minimum Gasteiger partial charge on any atom is -0.393 e. The maximum absolute atomic E-state index is 9.06. The highest BCUT2D eigenvalue weighted by Crippen LogP contribution is 2.31. The molecule has 86 valence electrons. The molecule has 0 bridgehead atoms. The minimum absolute atomic E-state index is 0.197. The minimum atomic E-state index is -0.197. The molecule has 1 atom stereocenters. The zero-order chi connectivity index (χ0) is 11.3. The third-order valence-electron chi connectivity index (χ3n) is 1.97. The fraction of sp³-hybridized carbons (Fsp3) is 0.600. The summed E-state index contributed by atoms with van der Waals surface area (Å²) in [7, 11) is 0. The van der Waals surface area contributed by atoms with Crippen LogP contribution in [0.15, 0.2) is 10.5 Å². The molecule has 0 saturated carbocycles. The van der Waals surface area contributed by atoms with Crippen molar-refractivity contribution in [3.05, 3.63) is 19.8 Å². The van der Waals surface area contributed by atoms with Crippen LogP contribution in [0.4, 0.5) is 0 Å². The van der Waals surface area contributed by atoms with Gasteiger partial charge in [0.05, 0.1) is 6.10 Å². The maximum atomic E-state index is 9.06. The average molecular weight is 313 g/mol. The summed E-state index contributed by atoms with van der Waals surface area (Å²) in [4.78, 5) is 1.23. The lowest BCUT2D eigenvalue weighted by molar-refractivity contribution is 0.181. The molecular formula is C10H15BrClNOS. The average Bonchev–Trinajstić information content (AvgIpc) is 2.45. The monoisotopic (exact) mass is 311 g/mol. The second kappa shape index (κ2) is 6.86. The molecule has 2 N–H and O–H groups in total. The Labute approximate surface area is 108 Å². The lowest BCUT2D eigenvalue weighted by atomic mass is 10.2. The van der Waals surface area contributed by atoms with Crippen LogP contribution in [0.1, 0.15) is 24.6 Å². The van der Waals surface area contributed by atoms with E-state index in [1.165, 1.54) is 4.88 Å². The molecule has 1 aromatic rings. The highest BCUT2D eigenvalue weighted by atomic mass is 79.9. The van der Waals surface area contributed by atoms with Gasteiger partial charge >= 0.3 is 0 Å². The number of hydrogen-bond acceptors (Lipinski definition) is 3. The van der Waals surface area contributed by atoms with Crippen molar-refractivity contribution in [3.8, 4) is 0 Å². The van der Waals surface area contributed by atoms with Crippen molar-refractivity contribution in [1.29, 1.82) is 0 Å². The van der Waals surface area contributed by atoms with E-state index in [-0.39, 0.29) is 6.10 Å². The predicted molar refractivity (Wildman–Crippen MR) is 69.7 cm³/mol. The molecule has 0 radical (unpaired) electrons. The van der Waals surface area contributed by atoms with E-state index in [4.69, 9.17) is 16.7 Å². The van der Waals surface area contributed by atoms with E-state index < -0.39 is 0 Å². The van der Waals surface area contributed by atoms with Crippen LogP contribution in [0.5, 0.6) is 0 Å². The second-order valence-corrected chi connectivity index (χ2v) is 6.10. The van der Waals surface area contributed by atoms with Gasteiger partial charge in [0, 0.05) is 15.9 Å². The zero-order valence-electron chi connectivity index (χ0n) is 8.59. The zero-order valence-corrected chi connectivity index (χ0v) is 11.8. The molecule has 2 nitrogen and oxygen atoms in total. The van der Waals surface area contributed by atoms with Crippen LogP contribution >= 0.6 is 38.9 Å². The van der Waals surface area contributed by atoms with E-state index >= 15 is 0 Å². The van der Waals surface area contributed by atoms with E-state index in [1.54, 1.807) is 11.3 Å². The lowest BCUT2D eigenvalue weighted by Gasteiger charge is -2.04. The summed E-state index contributed by atoms with van der Waals surface area (Å²) >= 11 is 10.9. The van der Waals surface area contributed by atoms with Gasteiger partial charge in [0.2, 0.25) is 0 Å². The lowest BCUT2D eigenvalue weighted by Crippen LogP contribution is -2.15. The highest BCUT2D eigenvalue weighted by molar-refractivity contribution is 9.10. The molecule has 0 amide bonds. The van der Waals surface area contributed by atoms with Crippen molar-refractivity contribution in [2.75, 3.05) is 6.54 Å². The Morgan fingerprint density at radius 3 is 2.93 bits per heavy atom. The summed E-state index contributed by atoms with van der Waals surface area (Å²) in [5.74, 6) is 0. The topological polar surface area (TPSA) is 32.3 Å². The van der Waals surface area contributed by atoms with E-state index in [0.29, 0.717) is 0 Å². The van der Waals surface area contributed by atoms with Crippen molar-refractivity contribution in [2.24, 2.45) is 0 Å². The van der Waals surface area contributed by atoms with Crippen molar-refractivity contribution in [3.63, 3.8) is 0 Å². The first-order valence-corrected chi connectivity index (χ1v) is 6.91. The number of rotatable bonds is 6. The fourth-order valence-electron chi connectivity index (χ4n) is 1.21. The van der Waals surface area contributed by atoms with Crippen molar-refractivity contribution < 1.29 is 5.11 Å². The molecule has 0 aliphatic heterocycles. The van der Waals surface area contributed by atoms with Gasteiger partial charge in [-0.25, -0.2) is 0 Å². The number of aliphatic hydroxyl groups excluding tert-OH is 1. The SMILES string of the molecule is CC(O)CCCNCc1cc(Br)c(Cl)s1. The molecule has 0 spiro atoms. The highest BCUT2D eigenvalue weighted by Gasteiger charge is 2.03. The Balaban J connectivity index is 2.15. The summed E-state index contributed by atoms with van der Waals surface area (Å²) < 4.78 is 1.77. The van der Waals surface area contributed by atoms with Gasteiger partial charge in [0.25, 0.3) is 0 Å².